The van der Waals surface area contributed by atoms with Gasteiger partial charge < -0.3 is 4.98 Å². The molecule has 0 radical (unpaired) electrons. The third-order valence-corrected chi connectivity index (χ3v) is 5.57. The highest BCUT2D eigenvalue weighted by molar-refractivity contribution is 6.30. The van der Waals surface area contributed by atoms with Crippen molar-refractivity contribution < 1.29 is 9.72 Å². The molecule has 5 nitrogen and oxygen atoms in total. The van der Waals surface area contributed by atoms with E-state index in [1.165, 1.54) is 12.1 Å². The summed E-state index contributed by atoms with van der Waals surface area (Å²) in [7, 11) is 0. The molecule has 0 spiro atoms. The summed E-state index contributed by atoms with van der Waals surface area (Å²) in [6.45, 7) is 1.94. The Morgan fingerprint density at radius 1 is 1.21 bits per heavy atom. The van der Waals surface area contributed by atoms with Crippen LogP contribution in [0.2, 0.25) is 5.02 Å². The van der Waals surface area contributed by atoms with Crippen molar-refractivity contribution in [2.24, 2.45) is 0 Å². The summed E-state index contributed by atoms with van der Waals surface area (Å²) in [5.74, 6) is -0.502. The first-order valence-corrected chi connectivity index (χ1v) is 9.59. The van der Waals surface area contributed by atoms with Crippen LogP contribution >= 0.6 is 11.6 Å². The quantitative estimate of drug-likeness (QED) is 0.445. The number of hydrogen-bond donors (Lipinski definition) is 1. The number of halogens is 1. The van der Waals surface area contributed by atoms with Crippen molar-refractivity contribution in [1.82, 2.24) is 4.98 Å². The van der Waals surface area contributed by atoms with Crippen LogP contribution in [0, 0.1) is 17.0 Å². The summed E-state index contributed by atoms with van der Waals surface area (Å²) in [5.41, 5.74) is 3.76. The molecule has 142 valence electrons. The summed E-state index contributed by atoms with van der Waals surface area (Å²) in [5, 5.41) is 13.1. The van der Waals surface area contributed by atoms with Gasteiger partial charge in [0.2, 0.25) is 0 Å². The fraction of sp³-hybridized carbons (Fsp3) is 0.227. The van der Waals surface area contributed by atoms with E-state index in [4.69, 9.17) is 11.6 Å². The van der Waals surface area contributed by atoms with Gasteiger partial charge in [-0.2, -0.15) is 0 Å². The van der Waals surface area contributed by atoms with E-state index in [1.807, 2.05) is 37.3 Å². The molecule has 1 aromatic heterocycles. The number of para-hydroxylation sites is 1. The van der Waals surface area contributed by atoms with E-state index in [1.54, 1.807) is 6.07 Å². The molecule has 0 saturated carbocycles. The number of carbonyl (C=O) groups excluding carboxylic acids is 1. The smallest absolute Gasteiger partial charge is 0.273 e. The van der Waals surface area contributed by atoms with Crippen LogP contribution in [0.3, 0.4) is 0 Å². The molecule has 1 aliphatic rings. The van der Waals surface area contributed by atoms with Crippen molar-refractivity contribution in [1.29, 1.82) is 0 Å². The van der Waals surface area contributed by atoms with Crippen LogP contribution in [0.1, 0.15) is 42.0 Å². The number of fused-ring (bicyclic) bond motifs is 1. The number of nitrogens with zero attached hydrogens (tertiary/aromatic N) is 1. The number of Topliss-reactive ketones (excluding diaryl/α,β-unsaturated/α-hetero) is 1. The summed E-state index contributed by atoms with van der Waals surface area (Å²) >= 11 is 6.23. The number of aromatic amines is 1. The molecule has 1 unspecified atom stereocenters. The Kier molecular flexibility index (Phi) is 4.77. The van der Waals surface area contributed by atoms with Crippen LogP contribution < -0.4 is 0 Å². The van der Waals surface area contributed by atoms with E-state index < -0.39 is 10.8 Å². The number of nitro groups is 1. The maximum Gasteiger partial charge on any atom is 0.273 e. The Balaban J connectivity index is 2.06. The van der Waals surface area contributed by atoms with Gasteiger partial charge >= 0.3 is 0 Å². The highest BCUT2D eigenvalue weighted by atomic mass is 35.5. The van der Waals surface area contributed by atoms with Gasteiger partial charge in [0.05, 0.1) is 4.92 Å². The van der Waals surface area contributed by atoms with Crippen LogP contribution in [0.15, 0.2) is 54.1 Å². The summed E-state index contributed by atoms with van der Waals surface area (Å²) in [6.07, 6.45) is 3.98. The predicted octanol–water partition coefficient (Wildman–Crippen LogP) is 5.85. The molecule has 0 bridgehead atoms. The minimum absolute atomic E-state index is 0.0293. The number of nitrogens with one attached hydrogen (secondary N) is 1. The van der Waals surface area contributed by atoms with E-state index in [9.17, 15) is 14.9 Å². The third kappa shape index (κ3) is 3.12. The monoisotopic (exact) mass is 394 g/mol. The lowest BCUT2D eigenvalue weighted by molar-refractivity contribution is -0.385. The van der Waals surface area contributed by atoms with Crippen molar-refractivity contribution in [2.45, 2.75) is 32.1 Å². The molecule has 1 atom stereocenters. The van der Waals surface area contributed by atoms with Crippen molar-refractivity contribution in [3.05, 3.63) is 86.1 Å². The van der Waals surface area contributed by atoms with Crippen LogP contribution in [-0.4, -0.2) is 15.7 Å². The number of H-pyrrole nitrogens is 1. The number of aromatic nitrogens is 1. The first-order chi connectivity index (χ1) is 13.5. The Labute approximate surface area is 167 Å². The van der Waals surface area contributed by atoms with Gasteiger partial charge in [0.15, 0.2) is 5.78 Å². The van der Waals surface area contributed by atoms with Gasteiger partial charge in [-0.1, -0.05) is 35.9 Å². The van der Waals surface area contributed by atoms with E-state index in [-0.39, 0.29) is 11.5 Å². The Hall–Kier alpha value is -2.92. The molecular formula is C22H19ClN2O3. The van der Waals surface area contributed by atoms with Crippen molar-refractivity contribution in [3.63, 3.8) is 0 Å². The lowest BCUT2D eigenvalue weighted by atomic mass is 9.78. The molecular weight excluding hydrogens is 376 g/mol. The number of carbonyl (C=O) groups is 1. The molecule has 1 heterocycles. The van der Waals surface area contributed by atoms with Gasteiger partial charge in [0.25, 0.3) is 5.69 Å². The van der Waals surface area contributed by atoms with Crippen LogP contribution in [0.4, 0.5) is 5.69 Å². The number of benzene rings is 2. The molecule has 0 saturated heterocycles. The second kappa shape index (κ2) is 7.24. The van der Waals surface area contributed by atoms with E-state index >= 15 is 0 Å². The van der Waals surface area contributed by atoms with E-state index in [0.29, 0.717) is 22.6 Å². The van der Waals surface area contributed by atoms with Crippen molar-refractivity contribution in [3.8, 4) is 0 Å². The van der Waals surface area contributed by atoms with E-state index in [2.05, 4.69) is 4.98 Å². The number of allylic oxidation sites excluding steroid dienone is 2. The zero-order chi connectivity index (χ0) is 19.8. The average Bonchev–Trinajstić information content (AvgIpc) is 2.99. The topological polar surface area (TPSA) is 76.0 Å². The highest BCUT2D eigenvalue weighted by Crippen LogP contribution is 2.44. The van der Waals surface area contributed by atoms with Gasteiger partial charge in [-0.15, -0.1) is 0 Å². The zero-order valence-electron chi connectivity index (χ0n) is 15.4. The molecule has 2 aromatic carbocycles. The SMILES string of the molecule is Cc1[nH]c2ccccc2c1C(C1=CCCCC1=O)c1cc(Cl)ccc1[N+](=O)[O-]. The van der Waals surface area contributed by atoms with E-state index in [0.717, 1.165) is 35.0 Å². The molecule has 1 aliphatic carbocycles. The molecule has 28 heavy (non-hydrogen) atoms. The van der Waals surface area contributed by atoms with Crippen molar-refractivity contribution in [2.75, 3.05) is 0 Å². The van der Waals surface area contributed by atoms with Gasteiger partial charge in [-0.3, -0.25) is 14.9 Å². The maximum absolute atomic E-state index is 12.8. The van der Waals surface area contributed by atoms with Gasteiger partial charge in [-0.05, 0) is 43.5 Å². The standard InChI is InChI=1S/C22H19ClN2O3/c1-13-21(15-6-2-4-8-18(15)24-13)22(16-7-3-5-9-20(16)26)17-12-14(23)10-11-19(17)25(27)28/h2,4,6-8,10-12,22,24H,3,5,9H2,1H3. The number of aryl methyl sites for hydroxylation is 1. The zero-order valence-corrected chi connectivity index (χ0v) is 16.1. The highest BCUT2D eigenvalue weighted by Gasteiger charge is 2.33. The molecule has 0 amide bonds. The number of rotatable bonds is 4. The number of ketones is 1. The number of hydrogen-bond acceptors (Lipinski definition) is 3. The fourth-order valence-electron chi connectivity index (χ4n) is 4.13. The van der Waals surface area contributed by atoms with Crippen molar-refractivity contribution >= 4 is 34.0 Å². The first kappa shape index (κ1) is 18.4. The number of nitro benzene ring substituents is 1. The predicted molar refractivity (Wildman–Crippen MR) is 110 cm³/mol. The summed E-state index contributed by atoms with van der Waals surface area (Å²) in [6, 6.07) is 12.4. The molecule has 1 N–H and O–H groups in total. The molecule has 0 aliphatic heterocycles. The van der Waals surface area contributed by atoms with Gasteiger partial charge in [-0.25, -0.2) is 0 Å². The van der Waals surface area contributed by atoms with Crippen LogP contribution in [0.25, 0.3) is 10.9 Å². The Bertz CT molecular complexity index is 1130. The molecule has 6 heteroatoms. The largest absolute Gasteiger partial charge is 0.358 e. The Morgan fingerprint density at radius 3 is 2.75 bits per heavy atom. The lowest BCUT2D eigenvalue weighted by Crippen LogP contribution is -2.17. The average molecular weight is 395 g/mol. The minimum Gasteiger partial charge on any atom is -0.358 e. The van der Waals surface area contributed by atoms with Crippen LogP contribution in [-0.2, 0) is 4.79 Å². The normalized spacial score (nSPS) is 15.5. The summed E-state index contributed by atoms with van der Waals surface area (Å²) < 4.78 is 0. The second-order valence-electron chi connectivity index (χ2n) is 7.08. The van der Waals surface area contributed by atoms with Gasteiger partial charge in [0.1, 0.15) is 0 Å². The first-order valence-electron chi connectivity index (χ1n) is 9.21. The third-order valence-electron chi connectivity index (χ3n) is 5.33. The summed E-state index contributed by atoms with van der Waals surface area (Å²) in [4.78, 5) is 27.6. The molecule has 3 aromatic rings. The van der Waals surface area contributed by atoms with Crippen LogP contribution in [0.5, 0.6) is 0 Å². The van der Waals surface area contributed by atoms with Gasteiger partial charge in [0, 0.05) is 51.2 Å². The fourth-order valence-corrected chi connectivity index (χ4v) is 4.31. The maximum atomic E-state index is 12.8. The minimum atomic E-state index is -0.539. The second-order valence-corrected chi connectivity index (χ2v) is 7.51. The molecule has 4 rings (SSSR count). The molecule has 0 fully saturated rings. The lowest BCUT2D eigenvalue weighted by Gasteiger charge is -2.24. The Morgan fingerprint density at radius 2 is 2.00 bits per heavy atom.